The summed E-state index contributed by atoms with van der Waals surface area (Å²) >= 11 is 3.04. The molecule has 3 rings (SSSR count). The van der Waals surface area contributed by atoms with Gasteiger partial charge in [0.1, 0.15) is 15.6 Å². The van der Waals surface area contributed by atoms with Gasteiger partial charge in [-0.25, -0.2) is 4.98 Å². The molecule has 0 aliphatic rings. The van der Waals surface area contributed by atoms with Crippen molar-refractivity contribution in [3.63, 3.8) is 0 Å². The van der Waals surface area contributed by atoms with Crippen LogP contribution >= 0.6 is 22.7 Å². The van der Waals surface area contributed by atoms with Gasteiger partial charge in [-0.3, -0.25) is 4.79 Å². The summed E-state index contributed by atoms with van der Waals surface area (Å²) < 4.78 is 5.19. The van der Waals surface area contributed by atoms with Crippen LogP contribution in [0.2, 0.25) is 0 Å². The SMILES string of the molecule is Cc1nc(-c2ccsc2)sc1C(=O)NCc1ccco1. The highest BCUT2D eigenvalue weighted by molar-refractivity contribution is 7.17. The Balaban J connectivity index is 1.75. The summed E-state index contributed by atoms with van der Waals surface area (Å²) in [6.45, 7) is 2.24. The van der Waals surface area contributed by atoms with Crippen molar-refractivity contribution in [2.75, 3.05) is 0 Å². The molecule has 3 aromatic rings. The Morgan fingerprint density at radius 3 is 3.05 bits per heavy atom. The van der Waals surface area contributed by atoms with Crippen LogP contribution in [0.5, 0.6) is 0 Å². The first-order valence-electron chi connectivity index (χ1n) is 6.04. The zero-order valence-corrected chi connectivity index (χ0v) is 12.4. The number of thiophene rings is 1. The van der Waals surface area contributed by atoms with Gasteiger partial charge in [-0.15, -0.1) is 11.3 Å². The smallest absolute Gasteiger partial charge is 0.263 e. The second kappa shape index (κ2) is 5.60. The Kier molecular flexibility index (Phi) is 3.66. The molecule has 20 heavy (non-hydrogen) atoms. The Hall–Kier alpha value is -1.92. The number of aromatic nitrogens is 1. The second-order valence-corrected chi connectivity index (χ2v) is 5.99. The van der Waals surface area contributed by atoms with Crippen LogP contribution in [0.25, 0.3) is 10.6 Å². The molecule has 0 bridgehead atoms. The molecule has 0 radical (unpaired) electrons. The van der Waals surface area contributed by atoms with E-state index in [1.54, 1.807) is 23.7 Å². The predicted molar refractivity (Wildman–Crippen MR) is 80.0 cm³/mol. The van der Waals surface area contributed by atoms with Crippen molar-refractivity contribution in [2.24, 2.45) is 0 Å². The summed E-state index contributed by atoms with van der Waals surface area (Å²) in [6, 6.07) is 5.64. The van der Waals surface area contributed by atoms with E-state index in [4.69, 9.17) is 4.42 Å². The zero-order chi connectivity index (χ0) is 13.9. The molecule has 0 aliphatic heterocycles. The van der Waals surface area contributed by atoms with Gasteiger partial charge in [0, 0.05) is 10.9 Å². The predicted octanol–water partition coefficient (Wildman–Crippen LogP) is 3.70. The quantitative estimate of drug-likeness (QED) is 0.799. The van der Waals surface area contributed by atoms with E-state index in [0.717, 1.165) is 22.0 Å². The summed E-state index contributed by atoms with van der Waals surface area (Å²) in [5, 5.41) is 7.76. The number of thiazole rings is 1. The molecule has 3 aromatic heterocycles. The minimum Gasteiger partial charge on any atom is -0.467 e. The summed E-state index contributed by atoms with van der Waals surface area (Å²) in [7, 11) is 0. The number of nitrogens with zero attached hydrogens (tertiary/aromatic N) is 1. The van der Waals surface area contributed by atoms with Gasteiger partial charge in [-0.05, 0) is 30.5 Å². The average Bonchev–Trinajstić information content (AvgIpc) is 3.17. The Morgan fingerprint density at radius 1 is 1.45 bits per heavy atom. The number of amides is 1. The lowest BCUT2D eigenvalue weighted by Gasteiger charge is -2.00. The van der Waals surface area contributed by atoms with Gasteiger partial charge >= 0.3 is 0 Å². The van der Waals surface area contributed by atoms with E-state index >= 15 is 0 Å². The number of aryl methyl sites for hydroxylation is 1. The van der Waals surface area contributed by atoms with Crippen molar-refractivity contribution in [2.45, 2.75) is 13.5 Å². The van der Waals surface area contributed by atoms with E-state index in [1.807, 2.05) is 29.8 Å². The lowest BCUT2D eigenvalue weighted by atomic mass is 10.3. The van der Waals surface area contributed by atoms with Gasteiger partial charge in [-0.2, -0.15) is 11.3 Å². The molecule has 1 amide bonds. The number of hydrogen-bond donors (Lipinski definition) is 1. The summed E-state index contributed by atoms with van der Waals surface area (Å²) in [5.74, 6) is 0.622. The number of carbonyl (C=O) groups excluding carboxylic acids is 1. The van der Waals surface area contributed by atoms with Gasteiger partial charge in [0.05, 0.1) is 18.5 Å². The number of nitrogens with one attached hydrogen (secondary N) is 1. The molecule has 3 heterocycles. The number of hydrogen-bond acceptors (Lipinski definition) is 5. The molecule has 6 heteroatoms. The standard InChI is InChI=1S/C14H12N2O2S2/c1-9-12(13(17)15-7-11-3-2-5-18-11)20-14(16-9)10-4-6-19-8-10/h2-6,8H,7H2,1H3,(H,15,17). The Bertz CT molecular complexity index is 700. The highest BCUT2D eigenvalue weighted by Crippen LogP contribution is 2.29. The van der Waals surface area contributed by atoms with Crippen molar-refractivity contribution < 1.29 is 9.21 Å². The maximum Gasteiger partial charge on any atom is 0.263 e. The van der Waals surface area contributed by atoms with Gasteiger partial charge in [0.2, 0.25) is 0 Å². The molecule has 0 fully saturated rings. The third kappa shape index (κ3) is 2.66. The highest BCUT2D eigenvalue weighted by atomic mass is 32.1. The van der Waals surface area contributed by atoms with E-state index in [9.17, 15) is 4.79 Å². The van der Waals surface area contributed by atoms with Crippen molar-refractivity contribution in [1.82, 2.24) is 10.3 Å². The fourth-order valence-corrected chi connectivity index (χ4v) is 3.47. The van der Waals surface area contributed by atoms with Crippen LogP contribution in [-0.2, 0) is 6.54 Å². The Morgan fingerprint density at radius 2 is 2.35 bits per heavy atom. The molecule has 0 atom stereocenters. The lowest BCUT2D eigenvalue weighted by molar-refractivity contribution is 0.0951. The van der Waals surface area contributed by atoms with E-state index in [2.05, 4.69) is 10.3 Å². The van der Waals surface area contributed by atoms with Crippen LogP contribution in [0.4, 0.5) is 0 Å². The lowest BCUT2D eigenvalue weighted by Crippen LogP contribution is -2.22. The molecule has 0 aliphatic carbocycles. The molecule has 0 unspecified atom stereocenters. The van der Waals surface area contributed by atoms with Gasteiger partial charge in [-0.1, -0.05) is 0 Å². The molecule has 0 saturated heterocycles. The number of furan rings is 1. The molecule has 1 N–H and O–H groups in total. The van der Waals surface area contributed by atoms with Crippen LogP contribution in [0.15, 0.2) is 39.6 Å². The molecule has 0 aromatic carbocycles. The summed E-state index contributed by atoms with van der Waals surface area (Å²) in [6.07, 6.45) is 1.59. The highest BCUT2D eigenvalue weighted by Gasteiger charge is 2.16. The van der Waals surface area contributed by atoms with E-state index in [-0.39, 0.29) is 5.91 Å². The van der Waals surface area contributed by atoms with Crippen LogP contribution in [0, 0.1) is 6.92 Å². The minimum atomic E-state index is -0.113. The molecular formula is C14H12N2O2S2. The monoisotopic (exact) mass is 304 g/mol. The maximum atomic E-state index is 12.2. The molecule has 102 valence electrons. The van der Waals surface area contributed by atoms with Crippen LogP contribution < -0.4 is 5.32 Å². The minimum absolute atomic E-state index is 0.113. The third-order valence-corrected chi connectivity index (χ3v) is 4.66. The third-order valence-electron chi connectivity index (χ3n) is 2.77. The fraction of sp³-hybridized carbons (Fsp3) is 0.143. The molecule has 0 spiro atoms. The van der Waals surface area contributed by atoms with Crippen molar-refractivity contribution in [3.8, 4) is 10.6 Å². The molecule has 0 saturated carbocycles. The molecule has 4 nitrogen and oxygen atoms in total. The topological polar surface area (TPSA) is 55.1 Å². The van der Waals surface area contributed by atoms with Gasteiger partial charge in [0.25, 0.3) is 5.91 Å². The number of rotatable bonds is 4. The van der Waals surface area contributed by atoms with Crippen molar-refractivity contribution in [1.29, 1.82) is 0 Å². The van der Waals surface area contributed by atoms with Gasteiger partial charge < -0.3 is 9.73 Å². The second-order valence-electron chi connectivity index (χ2n) is 4.21. The summed E-state index contributed by atoms with van der Waals surface area (Å²) in [4.78, 5) is 17.3. The first-order valence-corrected chi connectivity index (χ1v) is 7.80. The van der Waals surface area contributed by atoms with Crippen molar-refractivity contribution >= 4 is 28.6 Å². The van der Waals surface area contributed by atoms with Crippen LogP contribution in [-0.4, -0.2) is 10.9 Å². The zero-order valence-electron chi connectivity index (χ0n) is 10.8. The number of carbonyl (C=O) groups is 1. The van der Waals surface area contributed by atoms with Crippen molar-refractivity contribution in [3.05, 3.63) is 51.6 Å². The van der Waals surface area contributed by atoms with Gasteiger partial charge in [0.15, 0.2) is 0 Å². The van der Waals surface area contributed by atoms with E-state index < -0.39 is 0 Å². The summed E-state index contributed by atoms with van der Waals surface area (Å²) in [5.41, 5.74) is 1.82. The maximum absolute atomic E-state index is 12.2. The first kappa shape index (κ1) is 13.1. The van der Waals surface area contributed by atoms with E-state index in [0.29, 0.717) is 11.4 Å². The molecular weight excluding hydrogens is 292 g/mol. The van der Waals surface area contributed by atoms with E-state index in [1.165, 1.54) is 11.3 Å². The fourth-order valence-electron chi connectivity index (χ4n) is 1.78. The first-order chi connectivity index (χ1) is 9.74. The normalized spacial score (nSPS) is 10.7. The largest absolute Gasteiger partial charge is 0.467 e. The van der Waals surface area contributed by atoms with Crippen LogP contribution in [0.1, 0.15) is 21.1 Å². The average molecular weight is 304 g/mol. The van der Waals surface area contributed by atoms with Crippen LogP contribution in [0.3, 0.4) is 0 Å². The Labute approximate surface area is 124 Å².